The van der Waals surface area contributed by atoms with E-state index in [0.717, 1.165) is 9.58 Å². The van der Waals surface area contributed by atoms with Gasteiger partial charge in [0, 0.05) is 20.4 Å². The summed E-state index contributed by atoms with van der Waals surface area (Å²) in [5, 5.41) is 28.3. The van der Waals surface area contributed by atoms with Crippen LogP contribution in [0.1, 0.15) is 4.88 Å². The van der Waals surface area contributed by atoms with Crippen LogP contribution in [0.15, 0.2) is 18.2 Å². The maximum Gasteiger partial charge on any atom is 0.492 e. The Morgan fingerprint density at radius 2 is 2.00 bits per heavy atom. The molecular formula is C9H9BO3S. The van der Waals surface area contributed by atoms with Gasteiger partial charge in [-0.05, 0) is 19.1 Å². The molecule has 0 atom stereocenters. The standard InChI is InChI=1S/C9H9BO3S/c1-5-4-6-8(14-5)3-2-7(9(6)11)10(12)13/h2-4,11-13H,1H3. The van der Waals surface area contributed by atoms with Gasteiger partial charge in [0.25, 0.3) is 0 Å². The molecule has 0 amide bonds. The van der Waals surface area contributed by atoms with E-state index in [0.29, 0.717) is 5.39 Å². The Hall–Kier alpha value is -1.04. The minimum Gasteiger partial charge on any atom is -0.508 e. The maximum absolute atomic E-state index is 9.72. The fraction of sp³-hybridized carbons (Fsp3) is 0.111. The number of fused-ring (bicyclic) bond motifs is 1. The van der Waals surface area contributed by atoms with Crippen LogP contribution in [0.3, 0.4) is 0 Å². The fourth-order valence-electron chi connectivity index (χ4n) is 1.45. The number of aryl methyl sites for hydroxylation is 1. The van der Waals surface area contributed by atoms with Gasteiger partial charge >= 0.3 is 7.12 Å². The van der Waals surface area contributed by atoms with Crippen LogP contribution >= 0.6 is 11.3 Å². The average molecular weight is 208 g/mol. The Kier molecular flexibility index (Phi) is 2.22. The zero-order chi connectivity index (χ0) is 10.3. The molecule has 0 saturated carbocycles. The van der Waals surface area contributed by atoms with Crippen molar-refractivity contribution in [2.75, 3.05) is 0 Å². The molecule has 0 spiro atoms. The summed E-state index contributed by atoms with van der Waals surface area (Å²) >= 11 is 1.56. The molecule has 1 heterocycles. The summed E-state index contributed by atoms with van der Waals surface area (Å²) in [6, 6.07) is 5.14. The molecule has 1 aromatic carbocycles. The quantitative estimate of drug-likeness (QED) is 0.601. The highest BCUT2D eigenvalue weighted by atomic mass is 32.1. The lowest BCUT2D eigenvalue weighted by atomic mass is 9.79. The molecule has 0 unspecified atom stereocenters. The van der Waals surface area contributed by atoms with E-state index in [4.69, 9.17) is 10.0 Å². The molecule has 0 bridgehead atoms. The Morgan fingerprint density at radius 3 is 2.64 bits per heavy atom. The largest absolute Gasteiger partial charge is 0.508 e. The number of rotatable bonds is 1. The number of hydrogen-bond donors (Lipinski definition) is 3. The van der Waals surface area contributed by atoms with Gasteiger partial charge in [-0.3, -0.25) is 0 Å². The van der Waals surface area contributed by atoms with Crippen molar-refractivity contribution in [2.24, 2.45) is 0 Å². The Bertz CT molecular complexity index is 478. The first-order chi connectivity index (χ1) is 6.59. The number of phenols is 1. The van der Waals surface area contributed by atoms with E-state index in [1.165, 1.54) is 6.07 Å². The summed E-state index contributed by atoms with van der Waals surface area (Å²) in [4.78, 5) is 1.08. The number of thiophene rings is 1. The fourth-order valence-corrected chi connectivity index (χ4v) is 2.37. The van der Waals surface area contributed by atoms with E-state index >= 15 is 0 Å². The van der Waals surface area contributed by atoms with Crippen LogP contribution in [0, 0.1) is 6.92 Å². The molecule has 72 valence electrons. The minimum atomic E-state index is -1.63. The van der Waals surface area contributed by atoms with Crippen LogP contribution in [0.25, 0.3) is 10.1 Å². The molecule has 0 fully saturated rings. The molecule has 3 N–H and O–H groups in total. The van der Waals surface area contributed by atoms with Gasteiger partial charge in [-0.1, -0.05) is 6.07 Å². The minimum absolute atomic E-state index is 0.0400. The molecule has 3 nitrogen and oxygen atoms in total. The zero-order valence-electron chi connectivity index (χ0n) is 7.56. The predicted octanol–water partition coefficient (Wildman–Crippen LogP) is 0.595. The normalized spacial score (nSPS) is 10.8. The van der Waals surface area contributed by atoms with E-state index in [1.54, 1.807) is 17.4 Å². The van der Waals surface area contributed by atoms with Crippen LogP contribution in [-0.2, 0) is 0 Å². The van der Waals surface area contributed by atoms with E-state index in [2.05, 4.69) is 0 Å². The summed E-state index contributed by atoms with van der Waals surface area (Å²) in [6.07, 6.45) is 0. The van der Waals surface area contributed by atoms with Crippen molar-refractivity contribution in [3.63, 3.8) is 0 Å². The third-order valence-electron chi connectivity index (χ3n) is 2.10. The van der Waals surface area contributed by atoms with Crippen LogP contribution in [0.5, 0.6) is 5.75 Å². The van der Waals surface area contributed by atoms with E-state index in [1.807, 2.05) is 13.0 Å². The van der Waals surface area contributed by atoms with E-state index in [9.17, 15) is 5.11 Å². The second kappa shape index (κ2) is 3.27. The van der Waals surface area contributed by atoms with Crippen molar-refractivity contribution >= 4 is 34.0 Å². The number of aromatic hydroxyl groups is 1. The first kappa shape index (κ1) is 9.52. The Morgan fingerprint density at radius 1 is 1.29 bits per heavy atom. The maximum atomic E-state index is 9.72. The Labute approximate surface area is 85.4 Å². The highest BCUT2D eigenvalue weighted by molar-refractivity contribution is 7.19. The van der Waals surface area contributed by atoms with Gasteiger partial charge in [0.1, 0.15) is 5.75 Å². The summed E-state index contributed by atoms with van der Waals surface area (Å²) in [6.45, 7) is 1.94. The predicted molar refractivity (Wildman–Crippen MR) is 58.1 cm³/mol. The topological polar surface area (TPSA) is 60.7 Å². The molecule has 0 aliphatic rings. The van der Waals surface area contributed by atoms with Gasteiger partial charge in [0.2, 0.25) is 0 Å². The number of benzene rings is 1. The van der Waals surface area contributed by atoms with Gasteiger partial charge in [-0.2, -0.15) is 0 Å². The van der Waals surface area contributed by atoms with Crippen LogP contribution in [-0.4, -0.2) is 22.3 Å². The highest BCUT2D eigenvalue weighted by Gasteiger charge is 2.18. The van der Waals surface area contributed by atoms with Crippen molar-refractivity contribution in [3.05, 3.63) is 23.1 Å². The molecular weight excluding hydrogens is 199 g/mol. The van der Waals surface area contributed by atoms with Gasteiger partial charge in [-0.15, -0.1) is 11.3 Å². The third kappa shape index (κ3) is 1.39. The lowest BCUT2D eigenvalue weighted by Crippen LogP contribution is -2.29. The molecule has 0 radical (unpaired) electrons. The summed E-state index contributed by atoms with van der Waals surface area (Å²) in [5.41, 5.74) is 0.148. The SMILES string of the molecule is Cc1cc2c(O)c(B(O)O)ccc2s1. The third-order valence-corrected chi connectivity index (χ3v) is 3.12. The van der Waals surface area contributed by atoms with Gasteiger partial charge in [-0.25, -0.2) is 0 Å². The van der Waals surface area contributed by atoms with Crippen LogP contribution in [0.2, 0.25) is 0 Å². The molecule has 0 saturated heterocycles. The molecule has 5 heteroatoms. The summed E-state index contributed by atoms with van der Waals surface area (Å²) < 4.78 is 0.949. The zero-order valence-corrected chi connectivity index (χ0v) is 8.38. The lowest BCUT2D eigenvalue weighted by molar-refractivity contribution is 0.420. The lowest BCUT2D eigenvalue weighted by Gasteiger charge is -2.03. The van der Waals surface area contributed by atoms with Crippen molar-refractivity contribution in [1.82, 2.24) is 0 Å². The van der Waals surface area contributed by atoms with Crippen LogP contribution < -0.4 is 5.46 Å². The van der Waals surface area contributed by atoms with Crippen molar-refractivity contribution in [2.45, 2.75) is 6.92 Å². The molecule has 14 heavy (non-hydrogen) atoms. The second-order valence-corrected chi connectivity index (χ2v) is 4.43. The second-order valence-electron chi connectivity index (χ2n) is 3.15. The highest BCUT2D eigenvalue weighted by Crippen LogP contribution is 2.30. The first-order valence-corrected chi connectivity index (χ1v) is 4.99. The van der Waals surface area contributed by atoms with Gasteiger partial charge in [0.15, 0.2) is 0 Å². The molecule has 0 aliphatic carbocycles. The summed E-state index contributed by atoms with van der Waals surface area (Å²) in [7, 11) is -1.63. The summed E-state index contributed by atoms with van der Waals surface area (Å²) in [5.74, 6) is -0.0400. The Balaban J connectivity index is 2.74. The van der Waals surface area contributed by atoms with Crippen molar-refractivity contribution < 1.29 is 15.2 Å². The number of phenolic OH excluding ortho intramolecular Hbond substituents is 1. The van der Waals surface area contributed by atoms with Gasteiger partial charge < -0.3 is 15.2 Å². The monoisotopic (exact) mass is 208 g/mol. The molecule has 1 aromatic heterocycles. The average Bonchev–Trinajstić information content (AvgIpc) is 2.46. The first-order valence-electron chi connectivity index (χ1n) is 4.17. The molecule has 0 aliphatic heterocycles. The van der Waals surface area contributed by atoms with E-state index in [-0.39, 0.29) is 11.2 Å². The van der Waals surface area contributed by atoms with Crippen molar-refractivity contribution in [3.8, 4) is 5.75 Å². The van der Waals surface area contributed by atoms with Gasteiger partial charge in [0.05, 0.1) is 0 Å². The smallest absolute Gasteiger partial charge is 0.492 e. The van der Waals surface area contributed by atoms with Crippen LogP contribution in [0.4, 0.5) is 0 Å². The van der Waals surface area contributed by atoms with E-state index < -0.39 is 7.12 Å². The van der Waals surface area contributed by atoms with Crippen molar-refractivity contribution in [1.29, 1.82) is 0 Å². The molecule has 2 rings (SSSR count). The molecule has 2 aromatic rings. The number of hydrogen-bond acceptors (Lipinski definition) is 4.